The number of hydrogen-bond acceptors (Lipinski definition) is 1. The van der Waals surface area contributed by atoms with Gasteiger partial charge in [0, 0.05) is 4.90 Å². The minimum Gasteiger partial charge on any atom is -0.143 e. The highest BCUT2D eigenvalue weighted by molar-refractivity contribution is 7.80. The number of rotatable bonds is 1. The molecule has 0 nitrogen and oxygen atoms in total. The van der Waals surface area contributed by atoms with E-state index in [4.69, 9.17) is 0 Å². The van der Waals surface area contributed by atoms with Gasteiger partial charge in [0.05, 0.1) is 0 Å². The maximum absolute atomic E-state index is 4.14. The van der Waals surface area contributed by atoms with Gasteiger partial charge in [-0.3, -0.25) is 0 Å². The van der Waals surface area contributed by atoms with Gasteiger partial charge in [-0.05, 0) is 17.7 Å². The molecule has 0 saturated carbocycles. The largest absolute Gasteiger partial charge is 0.143 e. The van der Waals surface area contributed by atoms with Gasteiger partial charge in [0.1, 0.15) is 0 Å². The summed E-state index contributed by atoms with van der Waals surface area (Å²) < 4.78 is 0. The zero-order valence-corrected chi connectivity index (χ0v) is 5.94. The minimum atomic E-state index is 0.987. The third-order valence-electron chi connectivity index (χ3n) is 1.13. The predicted octanol–water partition coefficient (Wildman–Crippen LogP) is 2.62. The lowest BCUT2D eigenvalue weighted by Crippen LogP contribution is -1.68. The fraction of sp³-hybridized carbons (Fsp3) is 0. The topological polar surface area (TPSA) is 0 Å². The van der Waals surface area contributed by atoms with Crippen LogP contribution in [-0.2, 0) is 0 Å². The SMILES string of the molecule is C=Cc1ccc(S)cc1. The Bertz CT molecular complexity index is 198. The van der Waals surface area contributed by atoms with Crippen LogP contribution in [0.4, 0.5) is 0 Å². The molecule has 0 fully saturated rings. The van der Waals surface area contributed by atoms with Crippen molar-refractivity contribution < 1.29 is 0 Å². The van der Waals surface area contributed by atoms with Crippen LogP contribution >= 0.6 is 12.6 Å². The van der Waals surface area contributed by atoms with Crippen LogP contribution in [0.5, 0.6) is 0 Å². The van der Waals surface area contributed by atoms with Gasteiger partial charge in [-0.1, -0.05) is 24.8 Å². The van der Waals surface area contributed by atoms with Gasteiger partial charge in [-0.15, -0.1) is 12.6 Å². The second-order valence-electron chi connectivity index (χ2n) is 1.80. The smallest absolute Gasteiger partial charge is 0.00403 e. The maximum atomic E-state index is 4.14. The molecule has 0 unspecified atom stereocenters. The molecule has 0 saturated heterocycles. The van der Waals surface area contributed by atoms with E-state index in [1.165, 1.54) is 0 Å². The molecule has 0 radical (unpaired) electrons. The Balaban J connectivity index is 3.01. The average Bonchev–Trinajstić information content (AvgIpc) is 1.90. The summed E-state index contributed by atoms with van der Waals surface area (Å²) in [4.78, 5) is 0.987. The quantitative estimate of drug-likeness (QED) is 0.564. The van der Waals surface area contributed by atoms with Crippen molar-refractivity contribution in [2.24, 2.45) is 0 Å². The minimum absolute atomic E-state index is 0.987. The Hall–Kier alpha value is -0.690. The second kappa shape index (κ2) is 2.74. The summed E-state index contributed by atoms with van der Waals surface area (Å²) in [6, 6.07) is 7.85. The van der Waals surface area contributed by atoms with Crippen LogP contribution in [0.3, 0.4) is 0 Å². The van der Waals surface area contributed by atoms with E-state index < -0.39 is 0 Å². The average molecular weight is 136 g/mol. The highest BCUT2D eigenvalue weighted by atomic mass is 32.1. The van der Waals surface area contributed by atoms with E-state index in [1.807, 2.05) is 30.3 Å². The van der Waals surface area contributed by atoms with Crippen molar-refractivity contribution in [3.05, 3.63) is 36.4 Å². The first-order valence-electron chi connectivity index (χ1n) is 2.74. The van der Waals surface area contributed by atoms with Crippen LogP contribution in [0.1, 0.15) is 5.56 Å². The van der Waals surface area contributed by atoms with Crippen molar-refractivity contribution in [1.29, 1.82) is 0 Å². The van der Waals surface area contributed by atoms with Gasteiger partial charge < -0.3 is 0 Å². The summed E-state index contributed by atoms with van der Waals surface area (Å²) in [5.41, 5.74) is 1.13. The molecular weight excluding hydrogens is 128 g/mol. The molecule has 0 aliphatic heterocycles. The first-order valence-corrected chi connectivity index (χ1v) is 3.19. The summed E-state index contributed by atoms with van der Waals surface area (Å²) in [6.07, 6.45) is 1.81. The number of thiol groups is 1. The van der Waals surface area contributed by atoms with Crippen LogP contribution in [0.25, 0.3) is 6.08 Å². The van der Waals surface area contributed by atoms with Crippen molar-refractivity contribution in [2.45, 2.75) is 4.90 Å². The number of benzene rings is 1. The lowest BCUT2D eigenvalue weighted by Gasteiger charge is -1.90. The van der Waals surface area contributed by atoms with Crippen molar-refractivity contribution in [2.75, 3.05) is 0 Å². The number of hydrogen-bond donors (Lipinski definition) is 1. The lowest BCUT2D eigenvalue weighted by atomic mass is 10.2. The van der Waals surface area contributed by atoms with Crippen molar-refractivity contribution in [1.82, 2.24) is 0 Å². The Kier molecular flexibility index (Phi) is 1.96. The van der Waals surface area contributed by atoms with Gasteiger partial charge in [0.25, 0.3) is 0 Å². The van der Waals surface area contributed by atoms with Crippen molar-refractivity contribution in [3.63, 3.8) is 0 Å². The molecular formula is C8H8S. The van der Waals surface area contributed by atoms with Crippen molar-refractivity contribution in [3.8, 4) is 0 Å². The normalized spacial score (nSPS) is 9.00. The van der Waals surface area contributed by atoms with E-state index in [0.717, 1.165) is 10.5 Å². The zero-order valence-electron chi connectivity index (χ0n) is 5.04. The first-order chi connectivity index (χ1) is 4.33. The van der Waals surface area contributed by atoms with Gasteiger partial charge in [0.15, 0.2) is 0 Å². The monoisotopic (exact) mass is 136 g/mol. The van der Waals surface area contributed by atoms with E-state index in [0.29, 0.717) is 0 Å². The Morgan fingerprint density at radius 2 is 1.78 bits per heavy atom. The molecule has 9 heavy (non-hydrogen) atoms. The molecule has 1 heteroatoms. The molecule has 0 bridgehead atoms. The van der Waals surface area contributed by atoms with Gasteiger partial charge in [0.2, 0.25) is 0 Å². The summed E-state index contributed by atoms with van der Waals surface area (Å²) in [5, 5.41) is 0. The Labute approximate surface area is 60.6 Å². The van der Waals surface area contributed by atoms with Gasteiger partial charge in [-0.25, -0.2) is 0 Å². The van der Waals surface area contributed by atoms with Crippen LogP contribution in [0.2, 0.25) is 0 Å². The molecule has 0 atom stereocenters. The van der Waals surface area contributed by atoms with E-state index in [1.54, 1.807) is 0 Å². The maximum Gasteiger partial charge on any atom is 0.00403 e. The van der Waals surface area contributed by atoms with Crippen LogP contribution < -0.4 is 0 Å². The first kappa shape index (κ1) is 6.43. The molecule has 0 aliphatic carbocycles. The molecule has 0 aromatic heterocycles. The molecule has 0 heterocycles. The summed E-state index contributed by atoms with van der Waals surface area (Å²) in [5.74, 6) is 0. The molecule has 0 spiro atoms. The third-order valence-corrected chi connectivity index (χ3v) is 1.43. The third kappa shape index (κ3) is 1.61. The van der Waals surface area contributed by atoms with E-state index in [-0.39, 0.29) is 0 Å². The second-order valence-corrected chi connectivity index (χ2v) is 2.31. The van der Waals surface area contributed by atoms with E-state index in [9.17, 15) is 0 Å². The summed E-state index contributed by atoms with van der Waals surface area (Å²) in [6.45, 7) is 3.64. The summed E-state index contributed by atoms with van der Waals surface area (Å²) in [7, 11) is 0. The lowest BCUT2D eigenvalue weighted by molar-refractivity contribution is 1.46. The molecule has 1 aromatic carbocycles. The Morgan fingerprint density at radius 3 is 2.22 bits per heavy atom. The molecule has 0 N–H and O–H groups in total. The Morgan fingerprint density at radius 1 is 1.22 bits per heavy atom. The standard InChI is InChI=1S/C8H8S/c1-2-7-3-5-8(9)6-4-7/h2-6,9H,1H2. The van der Waals surface area contributed by atoms with Crippen LogP contribution in [0.15, 0.2) is 35.7 Å². The molecule has 0 aliphatic rings. The molecule has 1 aromatic rings. The predicted molar refractivity (Wildman–Crippen MR) is 43.8 cm³/mol. The fourth-order valence-corrected chi connectivity index (χ4v) is 0.759. The van der Waals surface area contributed by atoms with E-state index in [2.05, 4.69) is 19.2 Å². The molecule has 1 rings (SSSR count). The van der Waals surface area contributed by atoms with Crippen molar-refractivity contribution >= 4 is 18.7 Å². The highest BCUT2D eigenvalue weighted by Gasteiger charge is 1.82. The van der Waals surface area contributed by atoms with Gasteiger partial charge >= 0.3 is 0 Å². The van der Waals surface area contributed by atoms with Crippen LogP contribution in [0, 0.1) is 0 Å². The summed E-state index contributed by atoms with van der Waals surface area (Å²) >= 11 is 4.14. The zero-order chi connectivity index (χ0) is 6.69. The van der Waals surface area contributed by atoms with Gasteiger partial charge in [-0.2, -0.15) is 0 Å². The fourth-order valence-electron chi connectivity index (χ4n) is 0.610. The van der Waals surface area contributed by atoms with Crippen LogP contribution in [-0.4, -0.2) is 0 Å². The highest BCUT2D eigenvalue weighted by Crippen LogP contribution is 2.07. The molecule has 46 valence electrons. The molecule has 0 amide bonds. The van der Waals surface area contributed by atoms with E-state index >= 15 is 0 Å².